The number of amides is 1. The molecule has 0 spiro atoms. The molecule has 2 N–H and O–H groups in total. The molecule has 2 atom stereocenters. The molecule has 1 aromatic heterocycles. The van der Waals surface area contributed by atoms with E-state index in [0.29, 0.717) is 25.0 Å². The maximum atomic E-state index is 12.2. The van der Waals surface area contributed by atoms with Crippen molar-refractivity contribution in [2.75, 3.05) is 32.7 Å². The number of carbonyl (C=O) groups is 1. The standard InChI is InChI=1S/C19H34N6O.HI/c1-6-21-17(26)19(4,5)13-23-18(22-7-2)24-10-8-15(3)16(12-24)25-11-9-20-14-25;/h9,11,14-16H,6-8,10,12-13H2,1-5H3,(H,21,26)(H,22,23);1H. The summed E-state index contributed by atoms with van der Waals surface area (Å²) in [6, 6.07) is 0.381. The summed E-state index contributed by atoms with van der Waals surface area (Å²) in [5.41, 5.74) is -0.524. The van der Waals surface area contributed by atoms with Gasteiger partial charge in [0.2, 0.25) is 5.91 Å². The highest BCUT2D eigenvalue weighted by Gasteiger charge is 2.30. The van der Waals surface area contributed by atoms with Gasteiger partial charge in [-0.25, -0.2) is 4.98 Å². The second-order valence-electron chi connectivity index (χ2n) is 7.70. The van der Waals surface area contributed by atoms with Gasteiger partial charge >= 0.3 is 0 Å². The van der Waals surface area contributed by atoms with Gasteiger partial charge in [-0.15, -0.1) is 24.0 Å². The normalized spacial score (nSPS) is 20.8. The molecule has 27 heavy (non-hydrogen) atoms. The number of carbonyl (C=O) groups excluding carboxylic acids is 1. The van der Waals surface area contributed by atoms with E-state index in [9.17, 15) is 4.79 Å². The summed E-state index contributed by atoms with van der Waals surface area (Å²) < 4.78 is 2.19. The van der Waals surface area contributed by atoms with Crippen LogP contribution in [0.25, 0.3) is 0 Å². The SMILES string of the molecule is CCNC(=O)C(C)(C)CN=C(NCC)N1CCC(C)C(n2ccnc2)C1.I. The van der Waals surface area contributed by atoms with Crippen LogP contribution in [0.4, 0.5) is 0 Å². The van der Waals surface area contributed by atoms with Crippen LogP contribution >= 0.6 is 24.0 Å². The lowest BCUT2D eigenvalue weighted by molar-refractivity contribution is -0.128. The molecule has 0 radical (unpaired) electrons. The van der Waals surface area contributed by atoms with E-state index >= 15 is 0 Å². The van der Waals surface area contributed by atoms with Crippen molar-refractivity contribution in [2.45, 2.75) is 47.1 Å². The summed E-state index contributed by atoms with van der Waals surface area (Å²) in [5, 5.41) is 6.30. The van der Waals surface area contributed by atoms with E-state index in [-0.39, 0.29) is 29.9 Å². The van der Waals surface area contributed by atoms with E-state index < -0.39 is 5.41 Å². The summed E-state index contributed by atoms with van der Waals surface area (Å²) in [4.78, 5) is 23.5. The molecule has 1 amide bonds. The third-order valence-corrected chi connectivity index (χ3v) is 5.04. The third-order valence-electron chi connectivity index (χ3n) is 5.04. The molecule has 2 unspecified atom stereocenters. The zero-order valence-corrected chi connectivity index (χ0v) is 19.6. The molecule has 1 fully saturated rings. The Hall–Kier alpha value is -1.32. The summed E-state index contributed by atoms with van der Waals surface area (Å²) in [5.74, 6) is 1.53. The van der Waals surface area contributed by atoms with Gasteiger partial charge in [-0.1, -0.05) is 6.92 Å². The van der Waals surface area contributed by atoms with Crippen LogP contribution in [-0.4, -0.2) is 59.0 Å². The largest absolute Gasteiger partial charge is 0.357 e. The maximum Gasteiger partial charge on any atom is 0.227 e. The fourth-order valence-corrected chi connectivity index (χ4v) is 3.26. The molecule has 0 aromatic carbocycles. The minimum absolute atomic E-state index is 0. The minimum Gasteiger partial charge on any atom is -0.357 e. The lowest BCUT2D eigenvalue weighted by atomic mass is 9.92. The van der Waals surface area contributed by atoms with Crippen LogP contribution in [0.3, 0.4) is 0 Å². The summed E-state index contributed by atoms with van der Waals surface area (Å²) in [7, 11) is 0. The topological polar surface area (TPSA) is 74.6 Å². The highest BCUT2D eigenvalue weighted by atomic mass is 127. The molecule has 8 heteroatoms. The Labute approximate surface area is 180 Å². The van der Waals surface area contributed by atoms with E-state index in [0.717, 1.165) is 32.0 Å². The van der Waals surface area contributed by atoms with E-state index in [2.05, 4.69) is 38.9 Å². The zero-order chi connectivity index (χ0) is 19.2. The van der Waals surface area contributed by atoms with Crippen molar-refractivity contribution in [3.05, 3.63) is 18.7 Å². The third kappa shape index (κ3) is 6.36. The second-order valence-corrected chi connectivity index (χ2v) is 7.70. The van der Waals surface area contributed by atoms with Crippen molar-refractivity contribution in [3.8, 4) is 0 Å². The van der Waals surface area contributed by atoms with Crippen molar-refractivity contribution in [2.24, 2.45) is 16.3 Å². The smallest absolute Gasteiger partial charge is 0.227 e. The number of nitrogens with one attached hydrogen (secondary N) is 2. The molecule has 1 aromatic rings. The average molecular weight is 490 g/mol. The highest BCUT2D eigenvalue weighted by Crippen LogP contribution is 2.27. The van der Waals surface area contributed by atoms with Crippen LogP contribution in [-0.2, 0) is 4.79 Å². The fourth-order valence-electron chi connectivity index (χ4n) is 3.26. The first-order valence-corrected chi connectivity index (χ1v) is 9.68. The van der Waals surface area contributed by atoms with Crippen molar-refractivity contribution in [3.63, 3.8) is 0 Å². The van der Waals surface area contributed by atoms with Gasteiger partial charge in [0.05, 0.1) is 24.3 Å². The van der Waals surface area contributed by atoms with Crippen LogP contribution in [0.5, 0.6) is 0 Å². The number of piperidine rings is 1. The van der Waals surface area contributed by atoms with Crippen molar-refractivity contribution < 1.29 is 4.79 Å². The molecular weight excluding hydrogens is 455 g/mol. The molecule has 2 heterocycles. The van der Waals surface area contributed by atoms with Crippen LogP contribution in [0.2, 0.25) is 0 Å². The van der Waals surface area contributed by atoms with Gasteiger partial charge in [0.25, 0.3) is 0 Å². The number of hydrogen-bond donors (Lipinski definition) is 2. The van der Waals surface area contributed by atoms with Gasteiger partial charge in [-0.3, -0.25) is 9.79 Å². The first-order chi connectivity index (χ1) is 12.4. The lowest BCUT2D eigenvalue weighted by Crippen LogP contribution is -2.49. The van der Waals surface area contributed by atoms with E-state index in [4.69, 9.17) is 4.99 Å². The van der Waals surface area contributed by atoms with Gasteiger partial charge in [0, 0.05) is 38.6 Å². The number of hydrogen-bond acceptors (Lipinski definition) is 3. The van der Waals surface area contributed by atoms with Crippen molar-refractivity contribution in [1.82, 2.24) is 25.1 Å². The molecule has 7 nitrogen and oxygen atoms in total. The van der Waals surface area contributed by atoms with Crippen LogP contribution < -0.4 is 10.6 Å². The minimum atomic E-state index is -0.524. The van der Waals surface area contributed by atoms with Crippen LogP contribution in [0.15, 0.2) is 23.7 Å². The predicted octanol–water partition coefficient (Wildman–Crippen LogP) is 2.51. The number of guanidine groups is 1. The monoisotopic (exact) mass is 490 g/mol. The number of likely N-dealkylation sites (tertiary alicyclic amines) is 1. The van der Waals surface area contributed by atoms with Gasteiger partial charge in [0.1, 0.15) is 0 Å². The number of nitrogens with zero attached hydrogens (tertiary/aromatic N) is 4. The number of halogens is 1. The molecular formula is C19H35IN6O. The summed E-state index contributed by atoms with van der Waals surface area (Å²) >= 11 is 0. The molecule has 1 aliphatic rings. The molecule has 0 aliphatic carbocycles. The quantitative estimate of drug-likeness (QED) is 0.365. The first-order valence-electron chi connectivity index (χ1n) is 9.68. The number of aromatic nitrogens is 2. The maximum absolute atomic E-state index is 12.2. The van der Waals surface area contributed by atoms with Crippen LogP contribution in [0, 0.1) is 11.3 Å². The lowest BCUT2D eigenvalue weighted by Gasteiger charge is -2.39. The van der Waals surface area contributed by atoms with E-state index in [1.807, 2.05) is 39.5 Å². The predicted molar refractivity (Wildman–Crippen MR) is 120 cm³/mol. The zero-order valence-electron chi connectivity index (χ0n) is 17.2. The Balaban J connectivity index is 0.00000364. The van der Waals surface area contributed by atoms with Gasteiger partial charge in [-0.05, 0) is 40.0 Å². The fraction of sp³-hybridized carbons (Fsp3) is 0.737. The first kappa shape index (κ1) is 23.7. The number of rotatable bonds is 6. The molecule has 154 valence electrons. The van der Waals surface area contributed by atoms with Crippen molar-refractivity contribution >= 4 is 35.8 Å². The van der Waals surface area contributed by atoms with Gasteiger partial charge in [-0.2, -0.15) is 0 Å². The second kappa shape index (κ2) is 10.9. The van der Waals surface area contributed by atoms with Crippen LogP contribution in [0.1, 0.15) is 47.1 Å². The molecule has 2 rings (SSSR count). The van der Waals surface area contributed by atoms with Crippen molar-refractivity contribution in [1.29, 1.82) is 0 Å². The Kier molecular flexibility index (Phi) is 9.55. The number of aliphatic imine (C=N–C) groups is 1. The highest BCUT2D eigenvalue weighted by molar-refractivity contribution is 14.0. The molecule has 1 saturated heterocycles. The average Bonchev–Trinajstić information content (AvgIpc) is 3.14. The Morgan fingerprint density at radius 3 is 2.59 bits per heavy atom. The Bertz CT molecular complexity index is 601. The summed E-state index contributed by atoms with van der Waals surface area (Å²) in [6.45, 7) is 14.0. The number of imidazole rings is 1. The van der Waals surface area contributed by atoms with Gasteiger partial charge < -0.3 is 20.1 Å². The van der Waals surface area contributed by atoms with E-state index in [1.165, 1.54) is 0 Å². The molecule has 1 aliphatic heterocycles. The van der Waals surface area contributed by atoms with Gasteiger partial charge in [0.15, 0.2) is 5.96 Å². The molecule has 0 bridgehead atoms. The van der Waals surface area contributed by atoms with E-state index in [1.54, 1.807) is 0 Å². The molecule has 0 saturated carbocycles. The Morgan fingerprint density at radius 1 is 1.30 bits per heavy atom. The summed E-state index contributed by atoms with van der Waals surface area (Å²) in [6.07, 6.45) is 6.87. The Morgan fingerprint density at radius 2 is 2.00 bits per heavy atom.